The first-order valence-electron chi connectivity index (χ1n) is 5.53. The number of rotatable bonds is 4. The number of hydrogen-bond donors (Lipinski definition) is 1. The highest BCUT2D eigenvalue weighted by Crippen LogP contribution is 2.27. The smallest absolute Gasteiger partial charge is 0.160 e. The predicted octanol–water partition coefficient (Wildman–Crippen LogP) is 1.99. The molecule has 0 saturated heterocycles. The fourth-order valence-corrected chi connectivity index (χ4v) is 2.08. The van der Waals surface area contributed by atoms with Gasteiger partial charge in [-0.15, -0.1) is 10.2 Å². The summed E-state index contributed by atoms with van der Waals surface area (Å²) in [5.41, 5.74) is 0.895. The van der Waals surface area contributed by atoms with Gasteiger partial charge in [0.1, 0.15) is 0 Å². The molecule has 0 radical (unpaired) electrons. The van der Waals surface area contributed by atoms with Crippen LogP contribution < -0.4 is 5.32 Å². The average Bonchev–Trinajstić information content (AvgIpc) is 3.01. The molecule has 1 saturated carbocycles. The van der Waals surface area contributed by atoms with E-state index >= 15 is 0 Å². The van der Waals surface area contributed by atoms with Crippen molar-refractivity contribution in [2.24, 2.45) is 5.92 Å². The number of halogens is 1. The monoisotopic (exact) mass is 280 g/mol. The van der Waals surface area contributed by atoms with Crippen LogP contribution in [0.25, 0.3) is 5.65 Å². The van der Waals surface area contributed by atoms with Crippen molar-refractivity contribution in [3.05, 3.63) is 28.6 Å². The van der Waals surface area contributed by atoms with Gasteiger partial charge in [-0.3, -0.25) is 4.40 Å². The molecule has 1 N–H and O–H groups in total. The van der Waals surface area contributed by atoms with E-state index in [1.807, 2.05) is 22.7 Å². The summed E-state index contributed by atoms with van der Waals surface area (Å²) in [7, 11) is 0. The average molecular weight is 281 g/mol. The molecule has 1 fully saturated rings. The number of hydrogen-bond acceptors (Lipinski definition) is 3. The van der Waals surface area contributed by atoms with E-state index in [2.05, 4.69) is 31.4 Å². The number of fused-ring (bicyclic) bond motifs is 1. The molecule has 0 amide bonds. The molecule has 1 aliphatic carbocycles. The Bertz CT molecular complexity index is 504. The Kier molecular flexibility index (Phi) is 2.65. The summed E-state index contributed by atoms with van der Waals surface area (Å²) in [5.74, 6) is 1.86. The van der Waals surface area contributed by atoms with Crippen molar-refractivity contribution < 1.29 is 0 Å². The fraction of sp³-hybridized carbons (Fsp3) is 0.455. The molecule has 3 rings (SSSR count). The molecular weight excluding hydrogens is 268 g/mol. The van der Waals surface area contributed by atoms with Crippen molar-refractivity contribution in [3.63, 3.8) is 0 Å². The van der Waals surface area contributed by atoms with Gasteiger partial charge < -0.3 is 5.32 Å². The Hall–Kier alpha value is -0.940. The lowest BCUT2D eigenvalue weighted by molar-refractivity contribution is 0.615. The van der Waals surface area contributed by atoms with Gasteiger partial charge in [0.25, 0.3) is 0 Å². The third-order valence-electron chi connectivity index (χ3n) is 2.85. The van der Waals surface area contributed by atoms with E-state index in [0.29, 0.717) is 0 Å². The van der Waals surface area contributed by atoms with Crippen LogP contribution in [0.15, 0.2) is 22.8 Å². The molecule has 1 aliphatic rings. The molecule has 2 aromatic rings. The van der Waals surface area contributed by atoms with Gasteiger partial charge in [-0.2, -0.15) is 0 Å². The molecule has 2 aromatic heterocycles. The van der Waals surface area contributed by atoms with E-state index in [-0.39, 0.29) is 0 Å². The zero-order valence-corrected chi connectivity index (χ0v) is 10.4. The number of aromatic nitrogens is 3. The quantitative estimate of drug-likeness (QED) is 0.932. The second-order valence-electron chi connectivity index (χ2n) is 4.27. The van der Waals surface area contributed by atoms with Crippen molar-refractivity contribution in [2.45, 2.75) is 19.4 Å². The molecule has 4 nitrogen and oxygen atoms in total. The first kappa shape index (κ1) is 10.2. The Balaban J connectivity index is 1.76. The molecule has 0 atom stereocenters. The van der Waals surface area contributed by atoms with Gasteiger partial charge in [-0.25, -0.2) is 0 Å². The summed E-state index contributed by atoms with van der Waals surface area (Å²) < 4.78 is 3.06. The summed E-state index contributed by atoms with van der Waals surface area (Å²) >= 11 is 3.46. The highest BCUT2D eigenvalue weighted by atomic mass is 79.9. The van der Waals surface area contributed by atoms with Crippen LogP contribution in [-0.4, -0.2) is 21.1 Å². The lowest BCUT2D eigenvalue weighted by atomic mass is 10.4. The molecular formula is C11H13BrN4. The van der Waals surface area contributed by atoms with E-state index in [9.17, 15) is 0 Å². The standard InChI is InChI=1S/C11H13BrN4/c12-9-3-4-10-14-15-11(16(10)7-9)6-13-5-8-1-2-8/h3-4,7-8,13H,1-2,5-6H2. The molecule has 16 heavy (non-hydrogen) atoms. The van der Waals surface area contributed by atoms with E-state index in [4.69, 9.17) is 0 Å². The topological polar surface area (TPSA) is 42.2 Å². The van der Waals surface area contributed by atoms with E-state index in [1.54, 1.807) is 0 Å². The molecule has 2 heterocycles. The normalized spacial score (nSPS) is 15.8. The highest BCUT2D eigenvalue weighted by molar-refractivity contribution is 9.10. The molecule has 84 valence electrons. The molecule has 0 aromatic carbocycles. The van der Waals surface area contributed by atoms with Gasteiger partial charge >= 0.3 is 0 Å². The maximum atomic E-state index is 4.18. The van der Waals surface area contributed by atoms with Gasteiger partial charge in [-0.05, 0) is 53.4 Å². The third kappa shape index (κ3) is 2.10. The van der Waals surface area contributed by atoms with E-state index < -0.39 is 0 Å². The lowest BCUT2D eigenvalue weighted by Gasteiger charge is -2.02. The zero-order valence-electron chi connectivity index (χ0n) is 8.86. The van der Waals surface area contributed by atoms with Crippen LogP contribution in [0.5, 0.6) is 0 Å². The maximum Gasteiger partial charge on any atom is 0.160 e. The Morgan fingerprint density at radius 1 is 1.38 bits per heavy atom. The molecule has 0 aliphatic heterocycles. The third-order valence-corrected chi connectivity index (χ3v) is 3.32. The first-order valence-corrected chi connectivity index (χ1v) is 6.32. The minimum atomic E-state index is 0.786. The minimum Gasteiger partial charge on any atom is -0.310 e. The summed E-state index contributed by atoms with van der Waals surface area (Å²) in [5, 5.41) is 11.7. The molecule has 0 spiro atoms. The van der Waals surface area contributed by atoms with Gasteiger partial charge in [0.15, 0.2) is 11.5 Å². The molecule has 5 heteroatoms. The van der Waals surface area contributed by atoms with Crippen LogP contribution in [0.2, 0.25) is 0 Å². The molecule has 0 unspecified atom stereocenters. The Labute approximate surface area is 102 Å². The summed E-state index contributed by atoms with van der Waals surface area (Å²) in [6, 6.07) is 3.94. The van der Waals surface area contributed by atoms with Crippen LogP contribution >= 0.6 is 15.9 Å². The Morgan fingerprint density at radius 2 is 2.25 bits per heavy atom. The summed E-state index contributed by atoms with van der Waals surface area (Å²) in [6.07, 6.45) is 4.75. The number of pyridine rings is 1. The fourth-order valence-electron chi connectivity index (χ4n) is 1.74. The van der Waals surface area contributed by atoms with Gasteiger partial charge in [-0.1, -0.05) is 0 Å². The van der Waals surface area contributed by atoms with Crippen molar-refractivity contribution in [1.29, 1.82) is 0 Å². The van der Waals surface area contributed by atoms with Crippen LogP contribution in [0.4, 0.5) is 0 Å². The van der Waals surface area contributed by atoms with Crippen LogP contribution in [0.3, 0.4) is 0 Å². The van der Waals surface area contributed by atoms with Crippen molar-refractivity contribution >= 4 is 21.6 Å². The largest absolute Gasteiger partial charge is 0.310 e. The van der Waals surface area contributed by atoms with Crippen LogP contribution in [-0.2, 0) is 6.54 Å². The van der Waals surface area contributed by atoms with E-state index in [1.165, 1.54) is 12.8 Å². The van der Waals surface area contributed by atoms with Crippen molar-refractivity contribution in [2.75, 3.05) is 6.54 Å². The van der Waals surface area contributed by atoms with Crippen molar-refractivity contribution in [1.82, 2.24) is 19.9 Å². The van der Waals surface area contributed by atoms with Crippen LogP contribution in [0.1, 0.15) is 18.7 Å². The predicted molar refractivity (Wildman–Crippen MR) is 65.1 cm³/mol. The van der Waals surface area contributed by atoms with Gasteiger partial charge in [0.05, 0.1) is 6.54 Å². The number of nitrogens with one attached hydrogen (secondary N) is 1. The zero-order chi connectivity index (χ0) is 11.0. The second-order valence-corrected chi connectivity index (χ2v) is 5.18. The summed E-state index contributed by atoms with van der Waals surface area (Å²) in [6.45, 7) is 1.89. The minimum absolute atomic E-state index is 0.786. The highest BCUT2D eigenvalue weighted by Gasteiger charge is 2.20. The van der Waals surface area contributed by atoms with Gasteiger partial charge in [0.2, 0.25) is 0 Å². The number of nitrogens with zero attached hydrogens (tertiary/aromatic N) is 3. The Morgan fingerprint density at radius 3 is 3.06 bits per heavy atom. The summed E-state index contributed by atoms with van der Waals surface area (Å²) in [4.78, 5) is 0. The van der Waals surface area contributed by atoms with E-state index in [0.717, 1.165) is 35.0 Å². The van der Waals surface area contributed by atoms with Crippen LogP contribution in [0, 0.1) is 5.92 Å². The SMILES string of the molecule is Brc1ccc2nnc(CNCC3CC3)n2c1. The first-order chi connectivity index (χ1) is 7.83. The second kappa shape index (κ2) is 4.14. The van der Waals surface area contributed by atoms with Gasteiger partial charge in [0, 0.05) is 10.7 Å². The lowest BCUT2D eigenvalue weighted by Crippen LogP contribution is -2.17. The van der Waals surface area contributed by atoms with Crippen molar-refractivity contribution in [3.8, 4) is 0 Å². The molecule has 0 bridgehead atoms. The maximum absolute atomic E-state index is 4.18.